The second kappa shape index (κ2) is 4.61. The van der Waals surface area contributed by atoms with Gasteiger partial charge >= 0.3 is 0 Å². The molecular formula is C13H23N. The van der Waals surface area contributed by atoms with Gasteiger partial charge in [-0.3, -0.25) is 4.99 Å². The van der Waals surface area contributed by atoms with Crippen molar-refractivity contribution in [1.82, 2.24) is 0 Å². The van der Waals surface area contributed by atoms with E-state index in [2.05, 4.69) is 59.2 Å². The lowest BCUT2D eigenvalue weighted by molar-refractivity contribution is 0.505. The zero-order valence-corrected chi connectivity index (χ0v) is 10.6. The number of hydrogen-bond acceptors (Lipinski definition) is 1. The van der Waals surface area contributed by atoms with Crippen molar-refractivity contribution < 1.29 is 0 Å². The Bertz CT molecular complexity index is 263. The van der Waals surface area contributed by atoms with Crippen LogP contribution >= 0.6 is 0 Å². The topological polar surface area (TPSA) is 12.4 Å². The van der Waals surface area contributed by atoms with Crippen molar-refractivity contribution in [2.75, 3.05) is 0 Å². The molecule has 1 nitrogen and oxygen atoms in total. The van der Waals surface area contributed by atoms with E-state index in [4.69, 9.17) is 0 Å². The van der Waals surface area contributed by atoms with E-state index in [-0.39, 0.29) is 11.0 Å². The Balaban J connectivity index is 4.54. The standard InChI is InChI=1S/C13H23N/c1-11(12(2,3)4)9-8-10-14-13(5,6)7/h8,10H,1-7H3. The number of allylic oxidation sites excluding steroid dienone is 1. The average Bonchev–Trinajstić information content (AvgIpc) is 1.93. The van der Waals surface area contributed by atoms with Crippen LogP contribution in [-0.4, -0.2) is 11.8 Å². The summed E-state index contributed by atoms with van der Waals surface area (Å²) in [6, 6.07) is 0. The predicted molar refractivity (Wildman–Crippen MR) is 65.0 cm³/mol. The van der Waals surface area contributed by atoms with Crippen molar-refractivity contribution in [3.8, 4) is 0 Å². The Morgan fingerprint density at radius 2 is 1.57 bits per heavy atom. The molecule has 0 rings (SSSR count). The lowest BCUT2D eigenvalue weighted by Crippen LogP contribution is -2.08. The molecule has 0 aliphatic rings. The Morgan fingerprint density at radius 1 is 1.07 bits per heavy atom. The second-order valence-corrected chi connectivity index (χ2v) is 5.63. The molecule has 0 aliphatic heterocycles. The highest BCUT2D eigenvalue weighted by Crippen LogP contribution is 2.22. The molecule has 0 atom stereocenters. The van der Waals surface area contributed by atoms with Crippen LogP contribution in [0.1, 0.15) is 48.5 Å². The highest BCUT2D eigenvalue weighted by atomic mass is 14.8. The van der Waals surface area contributed by atoms with Crippen LogP contribution in [0.4, 0.5) is 0 Å². The van der Waals surface area contributed by atoms with Gasteiger partial charge in [-0.05, 0) is 44.8 Å². The molecule has 0 spiro atoms. The molecule has 0 aromatic carbocycles. The molecule has 1 heteroatoms. The lowest BCUT2D eigenvalue weighted by atomic mass is 9.88. The Kier molecular flexibility index (Phi) is 4.35. The smallest absolute Gasteiger partial charge is 0.0524 e. The summed E-state index contributed by atoms with van der Waals surface area (Å²) in [6.45, 7) is 14.9. The van der Waals surface area contributed by atoms with Gasteiger partial charge in [-0.1, -0.05) is 20.8 Å². The Morgan fingerprint density at radius 3 is 1.93 bits per heavy atom. The van der Waals surface area contributed by atoms with Gasteiger partial charge in [-0.25, -0.2) is 0 Å². The molecule has 14 heavy (non-hydrogen) atoms. The first-order valence-electron chi connectivity index (χ1n) is 5.10. The molecule has 0 radical (unpaired) electrons. The summed E-state index contributed by atoms with van der Waals surface area (Å²) in [7, 11) is 0. The largest absolute Gasteiger partial charge is 0.287 e. The van der Waals surface area contributed by atoms with E-state index in [0.29, 0.717) is 0 Å². The summed E-state index contributed by atoms with van der Waals surface area (Å²) in [5, 5.41) is 0. The summed E-state index contributed by atoms with van der Waals surface area (Å²) in [5.41, 5.74) is 4.69. The molecule has 0 unspecified atom stereocenters. The zero-order chi connectivity index (χ0) is 11.4. The van der Waals surface area contributed by atoms with Gasteiger partial charge in [0.05, 0.1) is 5.54 Å². The van der Waals surface area contributed by atoms with E-state index in [1.165, 1.54) is 5.57 Å². The molecule has 0 aromatic rings. The summed E-state index contributed by atoms with van der Waals surface area (Å²) < 4.78 is 0. The predicted octanol–water partition coefficient (Wildman–Crippen LogP) is 4.00. The highest BCUT2D eigenvalue weighted by molar-refractivity contribution is 5.71. The minimum Gasteiger partial charge on any atom is -0.287 e. The van der Waals surface area contributed by atoms with Crippen LogP contribution < -0.4 is 0 Å². The summed E-state index contributed by atoms with van der Waals surface area (Å²) >= 11 is 0. The number of hydrogen-bond donors (Lipinski definition) is 0. The number of aliphatic imine (C=N–C) groups is 1. The van der Waals surface area contributed by atoms with Crippen molar-refractivity contribution in [3.05, 3.63) is 17.4 Å². The first-order valence-corrected chi connectivity index (χ1v) is 5.10. The minimum absolute atomic E-state index is 0.00776. The van der Waals surface area contributed by atoms with Crippen molar-refractivity contribution >= 4 is 6.21 Å². The molecule has 0 N–H and O–H groups in total. The molecule has 0 aromatic heterocycles. The van der Waals surface area contributed by atoms with Gasteiger partial charge in [0.1, 0.15) is 0 Å². The quantitative estimate of drug-likeness (QED) is 0.441. The van der Waals surface area contributed by atoms with Crippen LogP contribution in [0.15, 0.2) is 22.4 Å². The fourth-order valence-electron chi connectivity index (χ4n) is 0.640. The molecule has 80 valence electrons. The summed E-state index contributed by atoms with van der Waals surface area (Å²) in [4.78, 5) is 4.35. The summed E-state index contributed by atoms with van der Waals surface area (Å²) in [6.07, 6.45) is 3.72. The maximum Gasteiger partial charge on any atom is 0.0524 e. The molecule has 0 bridgehead atoms. The third kappa shape index (κ3) is 6.68. The van der Waals surface area contributed by atoms with E-state index in [0.717, 1.165) is 0 Å². The second-order valence-electron chi connectivity index (χ2n) is 5.63. The van der Waals surface area contributed by atoms with Crippen molar-refractivity contribution in [2.24, 2.45) is 10.4 Å². The minimum atomic E-state index is 0.00776. The van der Waals surface area contributed by atoms with Gasteiger partial charge in [0.15, 0.2) is 0 Å². The third-order valence-corrected chi connectivity index (χ3v) is 1.96. The van der Waals surface area contributed by atoms with Crippen LogP contribution in [0.2, 0.25) is 0 Å². The first-order chi connectivity index (χ1) is 6.13. The van der Waals surface area contributed by atoms with E-state index < -0.39 is 0 Å². The SMILES string of the molecule is CC(=C=CC=NC(C)(C)C)C(C)(C)C. The van der Waals surface area contributed by atoms with Crippen molar-refractivity contribution in [2.45, 2.75) is 54.0 Å². The van der Waals surface area contributed by atoms with Crippen LogP contribution in [0.3, 0.4) is 0 Å². The lowest BCUT2D eigenvalue weighted by Gasteiger charge is -2.16. The van der Waals surface area contributed by atoms with E-state index in [1.807, 2.05) is 12.3 Å². The average molecular weight is 193 g/mol. The van der Waals surface area contributed by atoms with Crippen LogP contribution in [0, 0.1) is 5.41 Å². The first kappa shape index (κ1) is 13.2. The number of rotatable bonds is 1. The third-order valence-electron chi connectivity index (χ3n) is 1.96. The van der Waals surface area contributed by atoms with E-state index in [1.54, 1.807) is 0 Å². The fraction of sp³-hybridized carbons (Fsp3) is 0.692. The zero-order valence-electron chi connectivity index (χ0n) is 10.6. The fourth-order valence-corrected chi connectivity index (χ4v) is 0.640. The van der Waals surface area contributed by atoms with Crippen LogP contribution in [-0.2, 0) is 0 Å². The summed E-state index contributed by atoms with van der Waals surface area (Å²) in [5.74, 6) is 0. The normalized spacial score (nSPS) is 12.8. The molecule has 0 heterocycles. The Labute approximate surface area is 88.6 Å². The molecule has 0 saturated heterocycles. The van der Waals surface area contributed by atoms with E-state index >= 15 is 0 Å². The van der Waals surface area contributed by atoms with Crippen LogP contribution in [0.25, 0.3) is 0 Å². The maximum atomic E-state index is 4.35. The van der Waals surface area contributed by atoms with Gasteiger partial charge in [-0.2, -0.15) is 0 Å². The van der Waals surface area contributed by atoms with Gasteiger partial charge in [0.25, 0.3) is 0 Å². The maximum absolute atomic E-state index is 4.35. The monoisotopic (exact) mass is 193 g/mol. The van der Waals surface area contributed by atoms with Gasteiger partial charge < -0.3 is 0 Å². The van der Waals surface area contributed by atoms with E-state index in [9.17, 15) is 0 Å². The molecule has 0 amide bonds. The molecule has 0 aliphatic carbocycles. The van der Waals surface area contributed by atoms with Crippen molar-refractivity contribution in [3.63, 3.8) is 0 Å². The molecular weight excluding hydrogens is 170 g/mol. The highest BCUT2D eigenvalue weighted by Gasteiger charge is 2.11. The van der Waals surface area contributed by atoms with Crippen LogP contribution in [0.5, 0.6) is 0 Å². The van der Waals surface area contributed by atoms with Gasteiger partial charge in [0.2, 0.25) is 0 Å². The molecule has 0 saturated carbocycles. The van der Waals surface area contributed by atoms with Gasteiger partial charge in [-0.15, -0.1) is 5.73 Å². The number of nitrogens with zero attached hydrogens (tertiary/aromatic N) is 1. The Hall–Kier alpha value is -0.810. The van der Waals surface area contributed by atoms with Crippen molar-refractivity contribution in [1.29, 1.82) is 0 Å². The van der Waals surface area contributed by atoms with Gasteiger partial charge in [0, 0.05) is 6.21 Å². The molecule has 0 fully saturated rings.